The Morgan fingerprint density at radius 2 is 2.06 bits per heavy atom. The van der Waals surface area contributed by atoms with Crippen LogP contribution in [-0.4, -0.2) is 68.3 Å². The van der Waals surface area contributed by atoms with Crippen molar-refractivity contribution in [1.29, 1.82) is 0 Å². The summed E-state index contributed by atoms with van der Waals surface area (Å²) < 4.78 is -0.767. The number of anilines is 1. The molecule has 0 aromatic heterocycles. The number of benzene rings is 1. The lowest BCUT2D eigenvalue weighted by atomic mass is 9.70. The van der Waals surface area contributed by atoms with Gasteiger partial charge in [-0.15, -0.1) is 11.8 Å². The van der Waals surface area contributed by atoms with Crippen molar-refractivity contribution < 1.29 is 19.5 Å². The van der Waals surface area contributed by atoms with E-state index in [4.69, 9.17) is 11.6 Å². The Labute approximate surface area is 217 Å². The summed E-state index contributed by atoms with van der Waals surface area (Å²) in [6.45, 7) is 5.65. The first-order valence-corrected chi connectivity index (χ1v) is 13.8. The van der Waals surface area contributed by atoms with Crippen LogP contribution in [0.1, 0.15) is 32.3 Å². The van der Waals surface area contributed by atoms with Crippen LogP contribution < -0.4 is 10.6 Å². The molecule has 3 aliphatic heterocycles. The molecule has 0 saturated carbocycles. The van der Waals surface area contributed by atoms with Gasteiger partial charge in [-0.1, -0.05) is 53.5 Å². The minimum absolute atomic E-state index is 0.00109. The molecular formula is C24H31BrClN3O4S. The van der Waals surface area contributed by atoms with Crippen LogP contribution in [0.25, 0.3) is 0 Å². The first-order valence-electron chi connectivity index (χ1n) is 11.6. The number of nitrogens with one attached hydrogen (secondary N) is 2. The van der Waals surface area contributed by atoms with E-state index in [0.717, 1.165) is 5.56 Å². The number of aliphatic hydroxyl groups excluding tert-OH is 1. The van der Waals surface area contributed by atoms with Crippen molar-refractivity contribution in [1.82, 2.24) is 10.2 Å². The van der Waals surface area contributed by atoms with E-state index in [-0.39, 0.29) is 40.3 Å². The monoisotopic (exact) mass is 571 g/mol. The second-order valence-corrected chi connectivity index (χ2v) is 13.0. The maximum Gasteiger partial charge on any atom is 0.248 e. The number of halogens is 2. The Balaban J connectivity index is 1.81. The number of para-hydroxylation sites is 1. The van der Waals surface area contributed by atoms with Crippen LogP contribution in [0, 0.1) is 24.7 Å². The number of carbonyl (C=O) groups excluding carboxylic acids is 3. The van der Waals surface area contributed by atoms with E-state index in [0.29, 0.717) is 23.6 Å². The number of aryl methyl sites for hydroxylation is 1. The van der Waals surface area contributed by atoms with Crippen molar-refractivity contribution in [2.24, 2.45) is 17.8 Å². The van der Waals surface area contributed by atoms with Crippen molar-refractivity contribution in [2.45, 2.75) is 60.5 Å². The standard InChI is InChI=1S/C24H31BrClN3O4S/c1-11(2)8-13(10-30)29-20(22(32)28-18-12(3)6-5-7-15(18)26)24-9-14(25)19(34-24)16(21(31)27-4)17(24)23(29)33/h5-7,11,13-14,16-17,19-20,30H,8-10H2,1-4H3,(H,27,31)(H,28,32)/t13-,14?,16+,17+,19+,20?,24?/m1/s1. The van der Waals surface area contributed by atoms with E-state index >= 15 is 0 Å². The number of aliphatic hydroxyl groups is 1. The van der Waals surface area contributed by atoms with Crippen molar-refractivity contribution >= 4 is 62.7 Å². The van der Waals surface area contributed by atoms with Gasteiger partial charge in [0.25, 0.3) is 0 Å². The van der Waals surface area contributed by atoms with Crippen LogP contribution in [0.15, 0.2) is 18.2 Å². The van der Waals surface area contributed by atoms with Gasteiger partial charge < -0.3 is 20.6 Å². The number of amides is 3. The number of nitrogens with zero attached hydrogens (tertiary/aromatic N) is 1. The Morgan fingerprint density at radius 1 is 1.35 bits per heavy atom. The summed E-state index contributed by atoms with van der Waals surface area (Å²) in [6, 6.07) is 4.04. The summed E-state index contributed by atoms with van der Waals surface area (Å²) in [7, 11) is 1.58. The molecule has 3 unspecified atom stereocenters. The smallest absolute Gasteiger partial charge is 0.248 e. The first kappa shape index (κ1) is 25.8. The minimum atomic E-state index is -0.832. The molecule has 3 N–H and O–H groups in total. The van der Waals surface area contributed by atoms with Crippen LogP contribution in [0.5, 0.6) is 0 Å². The average molecular weight is 573 g/mol. The maximum absolute atomic E-state index is 14.0. The van der Waals surface area contributed by atoms with Crippen LogP contribution in [0.3, 0.4) is 0 Å². The van der Waals surface area contributed by atoms with Crippen LogP contribution in [0.2, 0.25) is 5.02 Å². The molecule has 7 atom stereocenters. The number of hydrogen-bond donors (Lipinski definition) is 3. The number of alkyl halides is 1. The van der Waals surface area contributed by atoms with Crippen LogP contribution in [-0.2, 0) is 14.4 Å². The second-order valence-electron chi connectivity index (χ2n) is 9.91. The summed E-state index contributed by atoms with van der Waals surface area (Å²) in [6.07, 6.45) is 1.14. The van der Waals surface area contributed by atoms with Crippen molar-refractivity contribution in [3.63, 3.8) is 0 Å². The van der Waals surface area contributed by atoms with Gasteiger partial charge in [-0.05, 0) is 37.3 Å². The molecule has 7 nitrogen and oxygen atoms in total. The van der Waals surface area contributed by atoms with Gasteiger partial charge in [-0.2, -0.15) is 0 Å². The number of likely N-dealkylation sites (tertiary alicyclic amines) is 1. The summed E-state index contributed by atoms with van der Waals surface area (Å²) in [5, 5.41) is 16.3. The largest absolute Gasteiger partial charge is 0.394 e. The predicted molar refractivity (Wildman–Crippen MR) is 138 cm³/mol. The number of fused-ring (bicyclic) bond motifs is 1. The Morgan fingerprint density at radius 3 is 2.65 bits per heavy atom. The first-order chi connectivity index (χ1) is 16.1. The molecule has 2 bridgehead atoms. The van der Waals surface area contributed by atoms with E-state index in [1.165, 1.54) is 0 Å². The molecule has 3 saturated heterocycles. The van der Waals surface area contributed by atoms with E-state index in [1.807, 2.05) is 32.9 Å². The van der Waals surface area contributed by atoms with Gasteiger partial charge in [-0.25, -0.2) is 0 Å². The lowest BCUT2D eigenvalue weighted by molar-refractivity contribution is -0.142. The van der Waals surface area contributed by atoms with Crippen molar-refractivity contribution in [3.05, 3.63) is 28.8 Å². The Kier molecular flexibility index (Phi) is 7.31. The SMILES string of the molecule is CNC(=O)[C@H]1[C@H]2C(=O)N([C@@H](CO)CC(C)C)C(C(=O)Nc3c(C)cccc3Cl)C23CC(Br)[C@@H]1S3. The summed E-state index contributed by atoms with van der Waals surface area (Å²) in [5.74, 6) is -1.70. The maximum atomic E-state index is 14.0. The van der Waals surface area contributed by atoms with Gasteiger partial charge >= 0.3 is 0 Å². The molecule has 34 heavy (non-hydrogen) atoms. The minimum Gasteiger partial charge on any atom is -0.394 e. The third-order valence-corrected chi connectivity index (χ3v) is 10.9. The molecule has 3 fully saturated rings. The molecule has 10 heteroatoms. The van der Waals surface area contributed by atoms with Gasteiger partial charge in [0.15, 0.2) is 0 Å². The molecule has 0 radical (unpaired) electrons. The van der Waals surface area contributed by atoms with Crippen molar-refractivity contribution in [2.75, 3.05) is 19.0 Å². The highest BCUT2D eigenvalue weighted by atomic mass is 79.9. The third kappa shape index (κ3) is 3.96. The normalized spacial score (nSPS) is 32.8. The zero-order chi connectivity index (χ0) is 24.9. The highest BCUT2D eigenvalue weighted by Crippen LogP contribution is 2.68. The number of rotatable bonds is 7. The Bertz CT molecular complexity index is 990. The van der Waals surface area contributed by atoms with Crippen LogP contribution in [0.4, 0.5) is 5.69 Å². The number of thioether (sulfide) groups is 1. The second kappa shape index (κ2) is 9.64. The summed E-state index contributed by atoms with van der Waals surface area (Å²) in [5.41, 5.74) is 1.33. The zero-order valence-electron chi connectivity index (χ0n) is 19.7. The third-order valence-electron chi connectivity index (χ3n) is 7.34. The van der Waals surface area contributed by atoms with Crippen LogP contribution >= 0.6 is 39.3 Å². The topological polar surface area (TPSA) is 98.7 Å². The fourth-order valence-electron chi connectivity index (χ4n) is 6.03. The molecule has 1 spiro atoms. The predicted octanol–water partition coefficient (Wildman–Crippen LogP) is 3.20. The van der Waals surface area contributed by atoms with Gasteiger partial charge in [0.2, 0.25) is 17.7 Å². The Hall–Kier alpha value is -1.29. The molecule has 3 amide bonds. The quantitative estimate of drug-likeness (QED) is 0.436. The zero-order valence-corrected chi connectivity index (χ0v) is 22.8. The molecule has 3 heterocycles. The molecule has 3 aliphatic rings. The van der Waals surface area contributed by atoms with Crippen molar-refractivity contribution in [3.8, 4) is 0 Å². The highest BCUT2D eigenvalue weighted by molar-refractivity contribution is 9.09. The van der Waals surface area contributed by atoms with Gasteiger partial charge in [0.05, 0.1) is 39.9 Å². The lowest BCUT2D eigenvalue weighted by Crippen LogP contribution is -2.55. The number of hydrogen-bond acceptors (Lipinski definition) is 5. The fraction of sp³-hybridized carbons (Fsp3) is 0.625. The van der Waals surface area contributed by atoms with E-state index < -0.39 is 28.7 Å². The van der Waals surface area contributed by atoms with E-state index in [1.54, 1.807) is 29.8 Å². The molecule has 186 valence electrons. The van der Waals surface area contributed by atoms with Gasteiger partial charge in [0, 0.05) is 17.1 Å². The molecule has 0 aliphatic carbocycles. The van der Waals surface area contributed by atoms with Gasteiger partial charge in [-0.3, -0.25) is 14.4 Å². The van der Waals surface area contributed by atoms with E-state index in [9.17, 15) is 19.5 Å². The highest BCUT2D eigenvalue weighted by Gasteiger charge is 2.76. The summed E-state index contributed by atoms with van der Waals surface area (Å²) in [4.78, 5) is 42.5. The molecule has 4 rings (SSSR count). The number of carbonyl (C=O) groups is 3. The molecular weight excluding hydrogens is 542 g/mol. The van der Waals surface area contributed by atoms with E-state index in [2.05, 4.69) is 26.6 Å². The fourth-order valence-corrected chi connectivity index (χ4v) is 9.90. The molecule has 1 aromatic carbocycles. The average Bonchev–Trinajstić information content (AvgIpc) is 3.37. The van der Waals surface area contributed by atoms with Gasteiger partial charge in [0.1, 0.15) is 6.04 Å². The lowest BCUT2D eigenvalue weighted by Gasteiger charge is -2.38. The summed E-state index contributed by atoms with van der Waals surface area (Å²) >= 11 is 11.7. The molecule has 1 aromatic rings.